The average Bonchev–Trinajstić information content (AvgIpc) is 3.81. The Bertz CT molecular complexity index is 3440. The number of hydrogen-bond acceptors (Lipinski definition) is 2. The Balaban J connectivity index is 1.16. The minimum Gasteiger partial charge on any atom is -0.455 e. The molecular weight excluding hydrogens is 673 g/mol. The van der Waals surface area contributed by atoms with Gasteiger partial charge in [0.2, 0.25) is 0 Å². The molecule has 0 fully saturated rings. The third-order valence-corrected chi connectivity index (χ3v) is 12.6. The van der Waals surface area contributed by atoms with Gasteiger partial charge in [-0.15, -0.1) is 11.3 Å². The molecule has 0 saturated heterocycles. The van der Waals surface area contributed by atoms with Crippen molar-refractivity contribution in [1.29, 1.82) is 0 Å². The fraction of sp³-hybridized carbons (Fsp3) is 0. The largest absolute Gasteiger partial charge is 0.455 e. The Morgan fingerprint density at radius 3 is 1.48 bits per heavy atom. The van der Waals surface area contributed by atoms with Crippen LogP contribution in [0.2, 0.25) is 0 Å². The number of hydrogen-bond donors (Lipinski definition) is 0. The lowest BCUT2D eigenvalue weighted by Gasteiger charge is -2.20. The molecule has 0 saturated carbocycles. The van der Waals surface area contributed by atoms with Crippen molar-refractivity contribution in [2.75, 3.05) is 0 Å². The van der Waals surface area contributed by atoms with Crippen molar-refractivity contribution in [3.8, 4) is 33.4 Å². The van der Waals surface area contributed by atoms with Gasteiger partial charge in [-0.2, -0.15) is 0 Å². The lowest BCUT2D eigenvalue weighted by atomic mass is 9.83. The Hall–Kier alpha value is -6.74. The smallest absolute Gasteiger partial charge is 0.144 e. The maximum absolute atomic E-state index is 6.93. The molecule has 2 heterocycles. The zero-order valence-electron chi connectivity index (χ0n) is 29.1. The molecule has 0 bridgehead atoms. The van der Waals surface area contributed by atoms with E-state index in [1.807, 2.05) is 11.3 Å². The highest BCUT2D eigenvalue weighted by atomic mass is 32.1. The van der Waals surface area contributed by atoms with Gasteiger partial charge in [-0.05, 0) is 95.3 Å². The third-order valence-electron chi connectivity index (χ3n) is 11.5. The van der Waals surface area contributed by atoms with E-state index in [4.69, 9.17) is 4.42 Å². The maximum Gasteiger partial charge on any atom is 0.144 e. The number of thiophene rings is 1. The Morgan fingerprint density at radius 2 is 0.796 bits per heavy atom. The Labute approximate surface area is 314 Å². The second kappa shape index (κ2) is 11.4. The van der Waals surface area contributed by atoms with Crippen molar-refractivity contribution >= 4 is 96.5 Å². The molecule has 1 nitrogen and oxygen atoms in total. The maximum atomic E-state index is 6.93. The molecule has 2 aromatic heterocycles. The zero-order valence-corrected chi connectivity index (χ0v) is 30.0. The fourth-order valence-corrected chi connectivity index (χ4v) is 10.3. The molecule has 0 unspecified atom stereocenters. The van der Waals surface area contributed by atoms with Gasteiger partial charge in [0.05, 0.1) is 0 Å². The zero-order chi connectivity index (χ0) is 35.3. The van der Waals surface area contributed by atoms with Crippen molar-refractivity contribution < 1.29 is 4.42 Å². The van der Waals surface area contributed by atoms with E-state index >= 15 is 0 Å². The first-order valence-electron chi connectivity index (χ1n) is 18.5. The summed E-state index contributed by atoms with van der Waals surface area (Å²) in [6.45, 7) is 0. The number of furan rings is 1. The first-order chi connectivity index (χ1) is 26.8. The molecule has 0 aliphatic rings. The van der Waals surface area contributed by atoms with Gasteiger partial charge in [-0.3, -0.25) is 0 Å². The fourth-order valence-electron chi connectivity index (χ4n) is 9.17. The van der Waals surface area contributed by atoms with Crippen LogP contribution in [0.5, 0.6) is 0 Å². The van der Waals surface area contributed by atoms with Crippen LogP contribution in [0.4, 0.5) is 0 Å². The minimum absolute atomic E-state index is 0.949. The van der Waals surface area contributed by atoms with Crippen molar-refractivity contribution in [1.82, 2.24) is 0 Å². The lowest BCUT2D eigenvalue weighted by molar-refractivity contribution is 0.677. The van der Waals surface area contributed by atoms with E-state index in [1.54, 1.807) is 0 Å². The first-order valence-corrected chi connectivity index (χ1v) is 19.3. The molecule has 0 N–H and O–H groups in total. The van der Waals surface area contributed by atoms with Gasteiger partial charge >= 0.3 is 0 Å². The topological polar surface area (TPSA) is 13.1 Å². The van der Waals surface area contributed by atoms with Gasteiger partial charge in [-0.1, -0.05) is 158 Å². The van der Waals surface area contributed by atoms with E-state index < -0.39 is 0 Å². The van der Waals surface area contributed by atoms with E-state index in [-0.39, 0.29) is 0 Å². The molecule has 0 aliphatic carbocycles. The molecule has 12 aromatic rings. The molecule has 250 valence electrons. The van der Waals surface area contributed by atoms with Gasteiger partial charge in [0.25, 0.3) is 0 Å². The highest BCUT2D eigenvalue weighted by Crippen LogP contribution is 2.49. The second-order valence-corrected chi connectivity index (χ2v) is 15.4. The first kappa shape index (κ1) is 29.8. The third kappa shape index (κ3) is 4.14. The highest BCUT2D eigenvalue weighted by Gasteiger charge is 2.22. The van der Waals surface area contributed by atoms with Gasteiger partial charge in [-0.25, -0.2) is 0 Å². The molecule has 0 spiro atoms. The quantitative estimate of drug-likeness (QED) is 0.167. The van der Waals surface area contributed by atoms with E-state index in [0.717, 1.165) is 27.3 Å². The number of fused-ring (bicyclic) bond motifs is 12. The van der Waals surface area contributed by atoms with Crippen LogP contribution in [0.15, 0.2) is 186 Å². The van der Waals surface area contributed by atoms with E-state index in [2.05, 4.69) is 182 Å². The summed E-state index contributed by atoms with van der Waals surface area (Å²) in [6, 6.07) is 66.7. The molecular formula is C52H30OS. The van der Waals surface area contributed by atoms with Gasteiger partial charge in [0, 0.05) is 36.3 Å². The molecule has 54 heavy (non-hydrogen) atoms. The molecule has 0 amide bonds. The normalized spacial score (nSPS) is 12.1. The molecule has 2 heteroatoms. The van der Waals surface area contributed by atoms with Crippen LogP contribution in [0.1, 0.15) is 0 Å². The highest BCUT2D eigenvalue weighted by molar-refractivity contribution is 7.26. The Kier molecular flexibility index (Phi) is 6.28. The molecule has 10 aromatic carbocycles. The van der Waals surface area contributed by atoms with Crippen molar-refractivity contribution in [2.24, 2.45) is 0 Å². The minimum atomic E-state index is 0.949. The predicted molar refractivity (Wildman–Crippen MR) is 233 cm³/mol. The summed E-state index contributed by atoms with van der Waals surface area (Å²) < 4.78 is 9.47. The monoisotopic (exact) mass is 702 g/mol. The molecule has 12 rings (SSSR count). The summed E-state index contributed by atoms with van der Waals surface area (Å²) >= 11 is 1.83. The Morgan fingerprint density at radius 1 is 0.296 bits per heavy atom. The summed E-state index contributed by atoms with van der Waals surface area (Å²) in [5.41, 5.74) is 9.39. The molecule has 0 radical (unpaired) electrons. The second-order valence-electron chi connectivity index (χ2n) is 14.3. The summed E-state index contributed by atoms with van der Waals surface area (Å²) in [5.74, 6) is 0. The number of rotatable bonds is 3. The van der Waals surface area contributed by atoms with Crippen molar-refractivity contribution in [2.45, 2.75) is 0 Å². The van der Waals surface area contributed by atoms with Crippen LogP contribution in [0.3, 0.4) is 0 Å². The SMILES string of the molecule is c1ccc(-c2c3ccccc3c(-c3ccc(-c4cc5c6ccc7sc8ccccc8c7c6oc5c5ccccc45)c4ccccc34)c3ccccc23)cc1. The van der Waals surface area contributed by atoms with Crippen LogP contribution in [-0.4, -0.2) is 0 Å². The van der Waals surface area contributed by atoms with Gasteiger partial charge < -0.3 is 4.42 Å². The van der Waals surface area contributed by atoms with Crippen molar-refractivity contribution in [3.05, 3.63) is 182 Å². The van der Waals surface area contributed by atoms with Gasteiger partial charge in [0.15, 0.2) is 0 Å². The van der Waals surface area contributed by atoms with Crippen LogP contribution >= 0.6 is 11.3 Å². The lowest BCUT2D eigenvalue weighted by Crippen LogP contribution is -1.92. The number of benzene rings is 10. The van der Waals surface area contributed by atoms with E-state index in [9.17, 15) is 0 Å². The van der Waals surface area contributed by atoms with Crippen LogP contribution in [0, 0.1) is 0 Å². The average molecular weight is 703 g/mol. The summed E-state index contributed by atoms with van der Waals surface area (Å²) in [6.07, 6.45) is 0. The standard InChI is InChI=1S/C52H30OS/c1-2-14-31(15-3-1)48-36-19-7-9-21-38(36)49(39-22-10-8-20-37(39)48)40-27-26-35(32-16-4-5-17-33(32)40)44-30-45-42-28-29-47-50(43-24-12-13-25-46(43)54-47)52(42)53-51(45)41-23-11-6-18-34(41)44/h1-30H. The van der Waals surface area contributed by atoms with Crippen LogP contribution in [0.25, 0.3) is 119 Å². The molecule has 0 aliphatic heterocycles. The summed E-state index contributed by atoms with van der Waals surface area (Å²) in [5, 5.41) is 14.6. The molecule has 0 atom stereocenters. The van der Waals surface area contributed by atoms with Crippen LogP contribution < -0.4 is 0 Å². The van der Waals surface area contributed by atoms with Gasteiger partial charge in [0.1, 0.15) is 11.2 Å². The summed E-state index contributed by atoms with van der Waals surface area (Å²) in [4.78, 5) is 0. The van der Waals surface area contributed by atoms with Crippen molar-refractivity contribution in [3.63, 3.8) is 0 Å². The predicted octanol–water partition coefficient (Wildman–Crippen LogP) is 15.6. The van der Waals surface area contributed by atoms with E-state index in [0.29, 0.717) is 0 Å². The van der Waals surface area contributed by atoms with E-state index in [1.165, 1.54) is 91.3 Å². The summed E-state index contributed by atoms with van der Waals surface area (Å²) in [7, 11) is 0. The van der Waals surface area contributed by atoms with Crippen LogP contribution in [-0.2, 0) is 0 Å².